The fourth-order valence-electron chi connectivity index (χ4n) is 1.31. The van der Waals surface area contributed by atoms with Crippen molar-refractivity contribution in [2.45, 2.75) is 19.8 Å². The van der Waals surface area contributed by atoms with Gasteiger partial charge >= 0.3 is 0 Å². The summed E-state index contributed by atoms with van der Waals surface area (Å²) in [6.45, 7) is 4.11. The van der Waals surface area contributed by atoms with E-state index in [2.05, 4.69) is 18.8 Å². The van der Waals surface area contributed by atoms with Gasteiger partial charge in [0.1, 0.15) is 12.0 Å². The van der Waals surface area contributed by atoms with Crippen LogP contribution in [0.3, 0.4) is 0 Å². The molecule has 0 fully saturated rings. The second-order valence-electron chi connectivity index (χ2n) is 3.73. The van der Waals surface area contributed by atoms with Gasteiger partial charge in [0.25, 0.3) is 0 Å². The maximum atomic E-state index is 5.81. The Kier molecular flexibility index (Phi) is 2.78. The Morgan fingerprint density at radius 3 is 2.40 bits per heavy atom. The molecule has 0 saturated carbocycles. The van der Waals surface area contributed by atoms with Crippen LogP contribution in [0.5, 0.6) is 0 Å². The first-order valence-corrected chi connectivity index (χ1v) is 5.26. The van der Waals surface area contributed by atoms with Gasteiger partial charge in [-0.15, -0.1) is 0 Å². The van der Waals surface area contributed by atoms with E-state index in [0.717, 1.165) is 22.2 Å². The largest absolute Gasteiger partial charge is 0.448 e. The van der Waals surface area contributed by atoms with Crippen molar-refractivity contribution in [1.29, 1.82) is 0 Å². The van der Waals surface area contributed by atoms with Crippen molar-refractivity contribution < 1.29 is 4.42 Å². The van der Waals surface area contributed by atoms with E-state index in [9.17, 15) is 0 Å². The summed E-state index contributed by atoms with van der Waals surface area (Å²) in [6.07, 6.45) is 1.68. The molecule has 0 aliphatic rings. The number of halogens is 1. The summed E-state index contributed by atoms with van der Waals surface area (Å²) in [5, 5.41) is 0.728. The Morgan fingerprint density at radius 2 is 1.87 bits per heavy atom. The van der Waals surface area contributed by atoms with Crippen LogP contribution in [-0.2, 0) is 0 Å². The van der Waals surface area contributed by atoms with Crippen molar-refractivity contribution in [3.05, 3.63) is 41.4 Å². The second-order valence-corrected chi connectivity index (χ2v) is 4.17. The molecule has 0 amide bonds. The minimum atomic E-state index is 0.311. The van der Waals surface area contributed by atoms with E-state index in [1.165, 1.54) is 0 Å². The zero-order chi connectivity index (χ0) is 10.8. The predicted octanol–water partition coefficient (Wildman–Crippen LogP) is 4.12. The number of oxazole rings is 1. The van der Waals surface area contributed by atoms with Crippen molar-refractivity contribution in [1.82, 2.24) is 4.98 Å². The lowest BCUT2D eigenvalue weighted by molar-refractivity contribution is 0.471. The summed E-state index contributed by atoms with van der Waals surface area (Å²) in [5.41, 5.74) is 1.88. The molecule has 2 rings (SSSR count). The van der Waals surface area contributed by atoms with Crippen LogP contribution in [-0.4, -0.2) is 4.98 Å². The first-order chi connectivity index (χ1) is 7.16. The Labute approximate surface area is 93.9 Å². The molecule has 1 aromatic heterocycles. The topological polar surface area (TPSA) is 26.0 Å². The molecular weight excluding hydrogens is 210 g/mol. The summed E-state index contributed by atoms with van der Waals surface area (Å²) in [5.74, 6) is 1.08. The molecule has 15 heavy (non-hydrogen) atoms. The van der Waals surface area contributed by atoms with Crippen molar-refractivity contribution >= 4 is 11.6 Å². The molecule has 0 saturated heterocycles. The van der Waals surface area contributed by atoms with E-state index in [1.807, 2.05) is 24.3 Å². The molecule has 0 atom stereocenters. The molecular formula is C12H12ClNO. The first-order valence-electron chi connectivity index (χ1n) is 4.88. The van der Waals surface area contributed by atoms with Crippen LogP contribution < -0.4 is 0 Å². The van der Waals surface area contributed by atoms with Crippen LogP contribution in [0, 0.1) is 0 Å². The van der Waals surface area contributed by atoms with Crippen LogP contribution in [0.15, 0.2) is 34.9 Å². The molecule has 0 N–H and O–H groups in total. The number of hydrogen-bond donors (Lipinski definition) is 0. The SMILES string of the molecule is CC(C)c1nc(-c2ccc(Cl)cc2)co1. The second kappa shape index (κ2) is 4.07. The molecule has 2 aromatic rings. The third kappa shape index (κ3) is 2.21. The summed E-state index contributed by atoms with van der Waals surface area (Å²) < 4.78 is 5.37. The standard InChI is InChI=1S/C12H12ClNO/c1-8(2)12-14-11(7-15-12)9-3-5-10(13)6-4-9/h3-8H,1-2H3. The average Bonchev–Trinajstić information content (AvgIpc) is 2.68. The van der Waals surface area contributed by atoms with Crippen molar-refractivity contribution in [2.24, 2.45) is 0 Å². The smallest absolute Gasteiger partial charge is 0.197 e. The highest BCUT2D eigenvalue weighted by atomic mass is 35.5. The van der Waals surface area contributed by atoms with E-state index in [4.69, 9.17) is 16.0 Å². The average molecular weight is 222 g/mol. The van der Waals surface area contributed by atoms with E-state index in [1.54, 1.807) is 6.26 Å². The fraction of sp³-hybridized carbons (Fsp3) is 0.250. The molecule has 2 nitrogen and oxygen atoms in total. The lowest BCUT2D eigenvalue weighted by Crippen LogP contribution is -1.86. The van der Waals surface area contributed by atoms with Gasteiger partial charge in [0.2, 0.25) is 0 Å². The number of aromatic nitrogens is 1. The summed E-state index contributed by atoms with van der Waals surface area (Å²) in [6, 6.07) is 7.57. The van der Waals surface area contributed by atoms with Crippen LogP contribution in [0.2, 0.25) is 5.02 Å². The zero-order valence-electron chi connectivity index (χ0n) is 8.70. The molecule has 0 aliphatic heterocycles. The molecule has 0 bridgehead atoms. The Bertz CT molecular complexity index is 445. The molecule has 0 radical (unpaired) electrons. The minimum absolute atomic E-state index is 0.311. The highest BCUT2D eigenvalue weighted by Gasteiger charge is 2.08. The van der Waals surface area contributed by atoms with E-state index >= 15 is 0 Å². The number of benzene rings is 1. The maximum Gasteiger partial charge on any atom is 0.197 e. The van der Waals surface area contributed by atoms with Gasteiger partial charge in [-0.1, -0.05) is 37.6 Å². The minimum Gasteiger partial charge on any atom is -0.448 e. The van der Waals surface area contributed by atoms with E-state index in [-0.39, 0.29) is 0 Å². The highest BCUT2D eigenvalue weighted by Crippen LogP contribution is 2.23. The van der Waals surface area contributed by atoms with Crippen LogP contribution in [0.25, 0.3) is 11.3 Å². The zero-order valence-corrected chi connectivity index (χ0v) is 9.45. The molecule has 3 heteroatoms. The molecule has 1 aromatic carbocycles. The molecule has 1 heterocycles. The molecule has 0 unspecified atom stereocenters. The van der Waals surface area contributed by atoms with Crippen LogP contribution in [0.1, 0.15) is 25.7 Å². The lowest BCUT2D eigenvalue weighted by atomic mass is 10.2. The van der Waals surface area contributed by atoms with Crippen molar-refractivity contribution in [2.75, 3.05) is 0 Å². The van der Waals surface area contributed by atoms with Gasteiger partial charge in [0, 0.05) is 16.5 Å². The van der Waals surface area contributed by atoms with Gasteiger partial charge in [0.15, 0.2) is 5.89 Å². The number of hydrogen-bond acceptors (Lipinski definition) is 2. The summed E-state index contributed by atoms with van der Waals surface area (Å²) >= 11 is 5.81. The van der Waals surface area contributed by atoms with Gasteiger partial charge in [-0.3, -0.25) is 0 Å². The molecule has 78 valence electrons. The molecule has 0 spiro atoms. The predicted molar refractivity (Wildman–Crippen MR) is 61.0 cm³/mol. The summed E-state index contributed by atoms with van der Waals surface area (Å²) in [4.78, 5) is 4.40. The Morgan fingerprint density at radius 1 is 1.20 bits per heavy atom. The van der Waals surface area contributed by atoms with Gasteiger partial charge < -0.3 is 4.42 Å². The van der Waals surface area contributed by atoms with E-state index < -0.39 is 0 Å². The van der Waals surface area contributed by atoms with Crippen molar-refractivity contribution in [3.8, 4) is 11.3 Å². The van der Waals surface area contributed by atoms with Crippen LogP contribution in [0.4, 0.5) is 0 Å². The van der Waals surface area contributed by atoms with Gasteiger partial charge in [0.05, 0.1) is 0 Å². The number of nitrogens with zero attached hydrogens (tertiary/aromatic N) is 1. The Hall–Kier alpha value is -1.28. The summed E-state index contributed by atoms with van der Waals surface area (Å²) in [7, 11) is 0. The third-order valence-corrected chi connectivity index (χ3v) is 2.41. The Balaban J connectivity index is 2.33. The quantitative estimate of drug-likeness (QED) is 0.763. The van der Waals surface area contributed by atoms with Gasteiger partial charge in [-0.25, -0.2) is 4.98 Å². The fourth-order valence-corrected chi connectivity index (χ4v) is 1.43. The molecule has 0 aliphatic carbocycles. The van der Waals surface area contributed by atoms with Gasteiger partial charge in [-0.05, 0) is 12.1 Å². The third-order valence-electron chi connectivity index (χ3n) is 2.16. The maximum absolute atomic E-state index is 5.81. The monoisotopic (exact) mass is 221 g/mol. The van der Waals surface area contributed by atoms with Crippen LogP contribution >= 0.6 is 11.6 Å². The highest BCUT2D eigenvalue weighted by molar-refractivity contribution is 6.30. The number of rotatable bonds is 2. The first kappa shape index (κ1) is 10.2. The van der Waals surface area contributed by atoms with E-state index in [0.29, 0.717) is 5.92 Å². The normalized spacial score (nSPS) is 10.9. The van der Waals surface area contributed by atoms with Crippen molar-refractivity contribution in [3.63, 3.8) is 0 Å². The lowest BCUT2D eigenvalue weighted by Gasteiger charge is -1.96. The van der Waals surface area contributed by atoms with Gasteiger partial charge in [-0.2, -0.15) is 0 Å².